The van der Waals surface area contributed by atoms with Gasteiger partial charge < -0.3 is 4.90 Å². The maximum Gasteiger partial charge on any atom is 0.277 e. The molecule has 1 saturated heterocycles. The molecule has 0 N–H and O–H groups in total. The third-order valence-electron chi connectivity index (χ3n) is 4.65. The maximum absolute atomic E-state index is 12.9. The van der Waals surface area contributed by atoms with Crippen molar-refractivity contribution in [3.05, 3.63) is 47.4 Å². The highest BCUT2D eigenvalue weighted by Crippen LogP contribution is 2.36. The van der Waals surface area contributed by atoms with Crippen molar-refractivity contribution in [1.82, 2.24) is 14.9 Å². The Bertz CT molecular complexity index is 738. The van der Waals surface area contributed by atoms with Crippen LogP contribution in [0.5, 0.6) is 0 Å². The summed E-state index contributed by atoms with van der Waals surface area (Å²) < 4.78 is 0. The van der Waals surface area contributed by atoms with Gasteiger partial charge in [0.05, 0.1) is 0 Å². The van der Waals surface area contributed by atoms with Crippen molar-refractivity contribution in [2.45, 2.75) is 32.1 Å². The largest absolute Gasteiger partial charge is 0.311 e. The van der Waals surface area contributed by atoms with Crippen molar-refractivity contribution in [2.75, 3.05) is 6.54 Å². The summed E-state index contributed by atoms with van der Waals surface area (Å²) in [5, 5.41) is 2.73. The summed E-state index contributed by atoms with van der Waals surface area (Å²) in [5.74, 6) is 0.618. The van der Waals surface area contributed by atoms with Crippen LogP contribution in [0.25, 0.3) is 10.6 Å². The Labute approximate surface area is 139 Å². The van der Waals surface area contributed by atoms with Crippen molar-refractivity contribution < 1.29 is 4.79 Å². The second-order valence-electron chi connectivity index (χ2n) is 6.14. The number of likely N-dealkylation sites (tertiary alicyclic amines) is 1. The molecule has 1 aliphatic heterocycles. The highest BCUT2D eigenvalue weighted by Gasteiger charge is 2.31. The first-order chi connectivity index (χ1) is 11.3. The van der Waals surface area contributed by atoms with Crippen molar-refractivity contribution in [1.29, 1.82) is 0 Å². The summed E-state index contributed by atoms with van der Waals surface area (Å²) >= 11 is 1.51. The zero-order valence-electron chi connectivity index (χ0n) is 12.9. The van der Waals surface area contributed by atoms with Crippen molar-refractivity contribution in [3.8, 4) is 10.6 Å². The molecule has 23 heavy (non-hydrogen) atoms. The second-order valence-corrected chi connectivity index (χ2v) is 6.99. The molecule has 0 aromatic carbocycles. The van der Waals surface area contributed by atoms with Crippen LogP contribution in [0.3, 0.4) is 0 Å². The molecule has 2 aromatic heterocycles. The van der Waals surface area contributed by atoms with E-state index in [2.05, 4.69) is 16.0 Å². The number of rotatable bonds is 2. The molecule has 2 aliphatic rings. The Morgan fingerprint density at radius 1 is 1.30 bits per heavy atom. The number of aromatic nitrogens is 2. The van der Waals surface area contributed by atoms with Crippen LogP contribution in [0.15, 0.2) is 41.7 Å². The summed E-state index contributed by atoms with van der Waals surface area (Å²) in [5.41, 5.74) is 2.76. The number of fused-ring (bicyclic) bond motifs is 1. The topological polar surface area (TPSA) is 46.1 Å². The number of thiazole rings is 1. The van der Waals surface area contributed by atoms with Gasteiger partial charge in [0, 0.05) is 35.6 Å². The predicted octanol–water partition coefficient (Wildman–Crippen LogP) is 4.13. The first kappa shape index (κ1) is 14.6. The SMILES string of the molecule is O=C(c1csc(-c2cccnc2)n1)N1CCCC2CCCC=C21. The highest BCUT2D eigenvalue weighted by molar-refractivity contribution is 7.13. The van der Waals surface area contributed by atoms with E-state index in [4.69, 9.17) is 0 Å². The third kappa shape index (κ3) is 2.81. The number of hydrogen-bond donors (Lipinski definition) is 0. The summed E-state index contributed by atoms with van der Waals surface area (Å²) in [7, 11) is 0. The zero-order chi connectivity index (χ0) is 15.6. The van der Waals surface area contributed by atoms with Crippen LogP contribution < -0.4 is 0 Å². The fourth-order valence-electron chi connectivity index (χ4n) is 3.53. The second kappa shape index (κ2) is 6.24. The van der Waals surface area contributed by atoms with Gasteiger partial charge >= 0.3 is 0 Å². The van der Waals surface area contributed by atoms with Crippen LogP contribution >= 0.6 is 11.3 Å². The van der Waals surface area contributed by atoms with Gasteiger partial charge in [0.15, 0.2) is 0 Å². The number of carbonyl (C=O) groups excluding carboxylic acids is 1. The first-order valence-electron chi connectivity index (χ1n) is 8.21. The molecule has 5 heteroatoms. The lowest BCUT2D eigenvalue weighted by molar-refractivity contribution is 0.0744. The minimum absolute atomic E-state index is 0.0502. The summed E-state index contributed by atoms with van der Waals surface area (Å²) in [6.45, 7) is 0.820. The highest BCUT2D eigenvalue weighted by atomic mass is 32.1. The monoisotopic (exact) mass is 325 g/mol. The minimum Gasteiger partial charge on any atom is -0.311 e. The van der Waals surface area contributed by atoms with Gasteiger partial charge in [-0.3, -0.25) is 9.78 Å². The van der Waals surface area contributed by atoms with E-state index in [0.717, 1.165) is 30.0 Å². The predicted molar refractivity (Wildman–Crippen MR) is 91.0 cm³/mol. The Morgan fingerprint density at radius 3 is 3.09 bits per heavy atom. The van der Waals surface area contributed by atoms with Crippen LogP contribution in [0.4, 0.5) is 0 Å². The van der Waals surface area contributed by atoms with Gasteiger partial charge in [-0.2, -0.15) is 0 Å². The molecule has 3 heterocycles. The average Bonchev–Trinajstić information content (AvgIpc) is 3.11. The molecule has 4 nitrogen and oxygen atoms in total. The molecule has 0 saturated carbocycles. The van der Waals surface area contributed by atoms with Crippen LogP contribution in [-0.4, -0.2) is 27.3 Å². The molecule has 0 spiro atoms. The van der Waals surface area contributed by atoms with E-state index in [9.17, 15) is 4.79 Å². The molecular weight excluding hydrogens is 306 g/mol. The Hall–Kier alpha value is -2.01. The van der Waals surface area contributed by atoms with E-state index in [0.29, 0.717) is 11.6 Å². The standard InChI is InChI=1S/C18H19N3OS/c22-18(21-10-4-7-13-5-1-2-8-16(13)21)15-12-23-17(20-15)14-6-3-9-19-11-14/h3,6,8-9,11-13H,1-2,4-5,7,10H2. The normalized spacial score (nSPS) is 20.8. The molecule has 0 radical (unpaired) electrons. The quantitative estimate of drug-likeness (QED) is 0.834. The van der Waals surface area contributed by atoms with Crippen molar-refractivity contribution >= 4 is 17.2 Å². The minimum atomic E-state index is 0.0502. The molecular formula is C18H19N3OS. The fraction of sp³-hybridized carbons (Fsp3) is 0.389. The molecule has 0 bridgehead atoms. The molecule has 1 atom stereocenters. The van der Waals surface area contributed by atoms with E-state index in [1.54, 1.807) is 12.4 Å². The molecule has 1 unspecified atom stereocenters. The molecule has 2 aromatic rings. The van der Waals surface area contributed by atoms with Gasteiger partial charge in [-0.25, -0.2) is 4.98 Å². The molecule has 4 rings (SSSR count). The van der Waals surface area contributed by atoms with Gasteiger partial charge in [-0.05, 0) is 50.2 Å². The molecule has 1 amide bonds. The van der Waals surface area contributed by atoms with Crippen LogP contribution in [0, 0.1) is 5.92 Å². The van der Waals surface area contributed by atoms with Crippen LogP contribution in [-0.2, 0) is 0 Å². The summed E-state index contributed by atoms with van der Waals surface area (Å²) in [6, 6.07) is 3.86. The van der Waals surface area contributed by atoms with Crippen LogP contribution in [0.2, 0.25) is 0 Å². The number of pyridine rings is 1. The number of hydrogen-bond acceptors (Lipinski definition) is 4. The number of amides is 1. The smallest absolute Gasteiger partial charge is 0.277 e. The van der Waals surface area contributed by atoms with Gasteiger partial charge in [-0.1, -0.05) is 6.08 Å². The third-order valence-corrected chi connectivity index (χ3v) is 5.54. The lowest BCUT2D eigenvalue weighted by Crippen LogP contribution is -2.39. The number of carbonyl (C=O) groups is 1. The van der Waals surface area contributed by atoms with E-state index in [1.807, 2.05) is 22.4 Å². The van der Waals surface area contributed by atoms with E-state index >= 15 is 0 Å². The van der Waals surface area contributed by atoms with E-state index in [-0.39, 0.29) is 5.91 Å². The molecule has 118 valence electrons. The number of piperidine rings is 1. The van der Waals surface area contributed by atoms with E-state index in [1.165, 1.54) is 36.3 Å². The first-order valence-corrected chi connectivity index (χ1v) is 9.09. The van der Waals surface area contributed by atoms with E-state index < -0.39 is 0 Å². The van der Waals surface area contributed by atoms with Gasteiger partial charge in [0.1, 0.15) is 10.7 Å². The van der Waals surface area contributed by atoms with Crippen molar-refractivity contribution in [2.24, 2.45) is 5.92 Å². The van der Waals surface area contributed by atoms with Crippen molar-refractivity contribution in [3.63, 3.8) is 0 Å². The average molecular weight is 325 g/mol. The zero-order valence-corrected chi connectivity index (χ0v) is 13.8. The van der Waals surface area contributed by atoms with Gasteiger partial charge in [0.25, 0.3) is 5.91 Å². The Morgan fingerprint density at radius 2 is 2.22 bits per heavy atom. The molecule has 1 aliphatic carbocycles. The molecule has 1 fully saturated rings. The summed E-state index contributed by atoms with van der Waals surface area (Å²) in [6.07, 6.45) is 11.7. The lowest BCUT2D eigenvalue weighted by Gasteiger charge is -2.37. The van der Waals surface area contributed by atoms with Gasteiger partial charge in [0.2, 0.25) is 0 Å². The van der Waals surface area contributed by atoms with Crippen LogP contribution in [0.1, 0.15) is 42.6 Å². The maximum atomic E-state index is 12.9. The lowest BCUT2D eigenvalue weighted by atomic mass is 9.85. The van der Waals surface area contributed by atoms with Gasteiger partial charge in [-0.15, -0.1) is 11.3 Å². The fourth-order valence-corrected chi connectivity index (χ4v) is 4.31. The number of allylic oxidation sites excluding steroid dienone is 2. The number of nitrogens with zero attached hydrogens (tertiary/aromatic N) is 3. The Balaban J connectivity index is 1.59. The Kier molecular flexibility index (Phi) is 3.95. The summed E-state index contributed by atoms with van der Waals surface area (Å²) in [4.78, 5) is 23.6.